The molecule has 0 fully saturated rings. The second kappa shape index (κ2) is 5.10. The molecule has 0 bridgehead atoms. The molecule has 0 aromatic heterocycles. The average Bonchev–Trinajstić information content (AvgIpc) is 2.72. The summed E-state index contributed by atoms with van der Waals surface area (Å²) in [7, 11) is 0. The van der Waals surface area contributed by atoms with Gasteiger partial charge in [0.2, 0.25) is 0 Å². The lowest BCUT2D eigenvalue weighted by molar-refractivity contribution is 0.0976. The number of alkyl halides is 2. The fraction of sp³-hybridized carbons (Fsp3) is 0.188. The number of fused-ring (bicyclic) bond motifs is 1. The van der Waals surface area contributed by atoms with Crippen molar-refractivity contribution in [3.05, 3.63) is 65.2 Å². The maximum Gasteiger partial charge on any atom is 0.197 e. The van der Waals surface area contributed by atoms with Crippen molar-refractivity contribution in [2.45, 2.75) is 21.4 Å². The molecule has 0 radical (unpaired) electrons. The van der Waals surface area contributed by atoms with Crippen molar-refractivity contribution >= 4 is 40.7 Å². The van der Waals surface area contributed by atoms with Crippen LogP contribution in [0.2, 0.25) is 0 Å². The van der Waals surface area contributed by atoms with Gasteiger partial charge in [0.05, 0.1) is 5.38 Å². The number of thioether (sulfide) groups is 1. The third kappa shape index (κ3) is 2.16. The van der Waals surface area contributed by atoms with Gasteiger partial charge in [0.1, 0.15) is 0 Å². The largest absolute Gasteiger partial charge is 0.291 e. The SMILES string of the molecule is Cc1ccc2c(c1)C(=O)[C@](Cl)([C@@H](Cl)c1ccccc1)S2. The highest BCUT2D eigenvalue weighted by molar-refractivity contribution is 8.03. The standard InChI is InChI=1S/C16H12Cl2OS/c1-10-7-8-13-12(9-10)15(19)16(18,20-13)14(17)11-5-3-2-4-6-11/h2-9,14H,1H3/t14-,16-/m0/s1. The Morgan fingerprint density at radius 1 is 1.15 bits per heavy atom. The predicted molar refractivity (Wildman–Crippen MR) is 85.0 cm³/mol. The molecule has 1 aliphatic heterocycles. The number of benzene rings is 2. The number of ketones is 1. The first-order chi connectivity index (χ1) is 9.52. The van der Waals surface area contributed by atoms with E-state index in [2.05, 4.69) is 0 Å². The maximum atomic E-state index is 12.6. The summed E-state index contributed by atoms with van der Waals surface area (Å²) in [6.07, 6.45) is 0. The lowest BCUT2D eigenvalue weighted by Gasteiger charge is -2.24. The monoisotopic (exact) mass is 322 g/mol. The highest BCUT2D eigenvalue weighted by Gasteiger charge is 2.50. The Kier molecular flexibility index (Phi) is 3.57. The molecule has 4 heteroatoms. The maximum absolute atomic E-state index is 12.6. The van der Waals surface area contributed by atoms with Gasteiger partial charge in [-0.1, -0.05) is 65.3 Å². The Morgan fingerprint density at radius 3 is 2.55 bits per heavy atom. The van der Waals surface area contributed by atoms with Gasteiger partial charge in [-0.25, -0.2) is 0 Å². The van der Waals surface area contributed by atoms with Crippen LogP contribution in [-0.2, 0) is 0 Å². The van der Waals surface area contributed by atoms with Crippen LogP contribution >= 0.6 is 35.0 Å². The molecule has 0 saturated carbocycles. The van der Waals surface area contributed by atoms with Crippen LogP contribution in [-0.4, -0.2) is 9.99 Å². The molecule has 0 aliphatic carbocycles. The van der Waals surface area contributed by atoms with Crippen molar-refractivity contribution < 1.29 is 4.79 Å². The smallest absolute Gasteiger partial charge is 0.197 e. The quantitative estimate of drug-likeness (QED) is 0.707. The molecule has 102 valence electrons. The van der Waals surface area contributed by atoms with Gasteiger partial charge >= 0.3 is 0 Å². The predicted octanol–water partition coefficient (Wildman–Crippen LogP) is 5.20. The molecule has 3 rings (SSSR count). The van der Waals surface area contributed by atoms with Crippen molar-refractivity contribution in [3.63, 3.8) is 0 Å². The molecular formula is C16H12Cl2OS. The van der Waals surface area contributed by atoms with Crippen LogP contribution in [0.4, 0.5) is 0 Å². The number of carbonyl (C=O) groups excluding carboxylic acids is 1. The molecule has 2 aromatic rings. The lowest BCUT2D eigenvalue weighted by Crippen LogP contribution is -2.29. The number of Topliss-reactive ketones (excluding diaryl/α,β-unsaturated/α-hetero) is 1. The van der Waals surface area contributed by atoms with Gasteiger partial charge in [-0.2, -0.15) is 0 Å². The molecule has 1 nitrogen and oxygen atoms in total. The minimum absolute atomic E-state index is 0.105. The molecule has 0 unspecified atom stereocenters. The Labute approximate surface area is 132 Å². The molecule has 20 heavy (non-hydrogen) atoms. The Bertz CT molecular complexity index is 671. The van der Waals surface area contributed by atoms with Crippen LogP contribution in [0.1, 0.15) is 26.9 Å². The summed E-state index contributed by atoms with van der Waals surface area (Å²) in [4.78, 5) is 13.5. The van der Waals surface area contributed by atoms with E-state index in [-0.39, 0.29) is 5.78 Å². The minimum Gasteiger partial charge on any atom is -0.291 e. The summed E-state index contributed by atoms with van der Waals surface area (Å²) < 4.78 is -1.17. The zero-order valence-electron chi connectivity index (χ0n) is 10.8. The number of halogens is 2. The zero-order valence-corrected chi connectivity index (χ0v) is 13.1. The molecule has 2 aromatic carbocycles. The van der Waals surface area contributed by atoms with Gasteiger partial charge in [-0.05, 0) is 24.6 Å². The van der Waals surface area contributed by atoms with Crippen molar-refractivity contribution in [1.82, 2.24) is 0 Å². The minimum atomic E-state index is -1.17. The highest BCUT2D eigenvalue weighted by Crippen LogP contribution is 2.56. The third-order valence-electron chi connectivity index (χ3n) is 3.37. The van der Waals surface area contributed by atoms with Gasteiger partial charge < -0.3 is 0 Å². The second-order valence-corrected chi connectivity index (χ2v) is 7.39. The van der Waals surface area contributed by atoms with E-state index in [1.54, 1.807) is 0 Å². The molecule has 1 heterocycles. The Morgan fingerprint density at radius 2 is 1.85 bits per heavy atom. The van der Waals surface area contributed by atoms with Crippen LogP contribution in [0.5, 0.6) is 0 Å². The molecule has 0 spiro atoms. The van der Waals surface area contributed by atoms with E-state index in [0.717, 1.165) is 16.0 Å². The molecule has 2 atom stereocenters. The Balaban J connectivity index is 2.01. The zero-order chi connectivity index (χ0) is 14.3. The molecule has 0 amide bonds. The molecular weight excluding hydrogens is 311 g/mol. The van der Waals surface area contributed by atoms with Crippen molar-refractivity contribution in [2.24, 2.45) is 0 Å². The van der Waals surface area contributed by atoms with E-state index < -0.39 is 9.58 Å². The van der Waals surface area contributed by atoms with Gasteiger partial charge in [0.15, 0.2) is 9.99 Å². The van der Waals surface area contributed by atoms with Crippen LogP contribution < -0.4 is 0 Å². The van der Waals surface area contributed by atoms with E-state index in [0.29, 0.717) is 5.56 Å². The summed E-state index contributed by atoms with van der Waals surface area (Å²) in [6.45, 7) is 1.96. The highest BCUT2D eigenvalue weighted by atomic mass is 35.5. The molecule has 0 N–H and O–H groups in total. The molecule has 0 saturated heterocycles. The second-order valence-electron chi connectivity index (χ2n) is 4.85. The van der Waals surface area contributed by atoms with E-state index in [1.165, 1.54) is 11.8 Å². The first-order valence-electron chi connectivity index (χ1n) is 6.25. The number of carbonyl (C=O) groups is 1. The number of hydrogen-bond acceptors (Lipinski definition) is 2. The van der Waals surface area contributed by atoms with Gasteiger partial charge in [-0.15, -0.1) is 11.6 Å². The van der Waals surface area contributed by atoms with E-state index >= 15 is 0 Å². The van der Waals surface area contributed by atoms with Crippen molar-refractivity contribution in [3.8, 4) is 0 Å². The van der Waals surface area contributed by atoms with Crippen LogP contribution in [0.15, 0.2) is 53.4 Å². The summed E-state index contributed by atoms with van der Waals surface area (Å²) in [6, 6.07) is 15.3. The lowest BCUT2D eigenvalue weighted by atomic mass is 10.0. The fourth-order valence-corrected chi connectivity index (χ4v) is 4.32. The number of aryl methyl sites for hydroxylation is 1. The van der Waals surface area contributed by atoms with Crippen LogP contribution in [0, 0.1) is 6.92 Å². The average molecular weight is 323 g/mol. The summed E-state index contributed by atoms with van der Waals surface area (Å²) in [5.74, 6) is -0.105. The van der Waals surface area contributed by atoms with E-state index in [9.17, 15) is 4.79 Å². The topological polar surface area (TPSA) is 17.1 Å². The summed E-state index contributed by atoms with van der Waals surface area (Å²) >= 11 is 14.5. The van der Waals surface area contributed by atoms with E-state index in [1.807, 2.05) is 55.5 Å². The third-order valence-corrected chi connectivity index (χ3v) is 6.10. The fourth-order valence-electron chi connectivity index (χ4n) is 2.30. The first kappa shape index (κ1) is 14.0. The van der Waals surface area contributed by atoms with Gasteiger partial charge in [0, 0.05) is 10.5 Å². The summed E-state index contributed by atoms with van der Waals surface area (Å²) in [5.41, 5.74) is 2.57. The van der Waals surface area contributed by atoms with E-state index in [4.69, 9.17) is 23.2 Å². The van der Waals surface area contributed by atoms with Gasteiger partial charge in [0.25, 0.3) is 0 Å². The normalized spacial score (nSPS) is 22.6. The number of rotatable bonds is 2. The Hall–Kier alpha value is -0.960. The first-order valence-corrected chi connectivity index (χ1v) is 7.88. The van der Waals surface area contributed by atoms with Gasteiger partial charge in [-0.3, -0.25) is 4.79 Å². The summed E-state index contributed by atoms with van der Waals surface area (Å²) in [5, 5.41) is -0.574. The van der Waals surface area contributed by atoms with Crippen molar-refractivity contribution in [2.75, 3.05) is 0 Å². The van der Waals surface area contributed by atoms with Crippen LogP contribution in [0.25, 0.3) is 0 Å². The van der Waals surface area contributed by atoms with Crippen LogP contribution in [0.3, 0.4) is 0 Å². The molecule has 1 aliphatic rings. The van der Waals surface area contributed by atoms with Crippen molar-refractivity contribution in [1.29, 1.82) is 0 Å². The number of hydrogen-bond donors (Lipinski definition) is 0.